The van der Waals surface area contributed by atoms with Crippen LogP contribution in [-0.2, 0) is 0 Å². The van der Waals surface area contributed by atoms with Gasteiger partial charge in [-0.3, -0.25) is 0 Å². The maximum atomic E-state index is 2.60. The molecule has 0 radical (unpaired) electrons. The molecule has 0 aromatic carbocycles. The van der Waals surface area contributed by atoms with E-state index in [4.69, 9.17) is 0 Å². The molecule has 0 aromatic heterocycles. The van der Waals surface area contributed by atoms with Crippen LogP contribution in [0.3, 0.4) is 0 Å². The van der Waals surface area contributed by atoms with Gasteiger partial charge in [-0.05, 0) is 70.6 Å². The number of nitrogens with zero attached hydrogens (tertiary/aromatic N) is 2. The van der Waals surface area contributed by atoms with E-state index >= 15 is 0 Å². The minimum absolute atomic E-state index is 0.794. The van der Waals surface area contributed by atoms with Crippen molar-refractivity contribution in [3.8, 4) is 0 Å². The van der Waals surface area contributed by atoms with Crippen LogP contribution in [0.5, 0.6) is 0 Å². The molecular formula is C21H48N2. The summed E-state index contributed by atoms with van der Waals surface area (Å²) in [6.45, 7) is 26.2. The predicted octanol–water partition coefficient (Wildman–Crippen LogP) is 5.92. The minimum atomic E-state index is 0.794. The van der Waals surface area contributed by atoms with E-state index < -0.39 is 0 Å². The highest BCUT2D eigenvalue weighted by Gasteiger charge is 2.19. The van der Waals surface area contributed by atoms with E-state index in [1.807, 2.05) is 27.7 Å². The molecule has 2 fully saturated rings. The Labute approximate surface area is 149 Å². The van der Waals surface area contributed by atoms with Crippen molar-refractivity contribution < 1.29 is 0 Å². The van der Waals surface area contributed by atoms with E-state index in [2.05, 4.69) is 44.4 Å². The van der Waals surface area contributed by atoms with Crippen molar-refractivity contribution in [1.82, 2.24) is 9.80 Å². The van der Waals surface area contributed by atoms with Gasteiger partial charge in [-0.15, -0.1) is 0 Å². The fraction of sp³-hybridized carbons (Fsp3) is 1.00. The maximum Gasteiger partial charge on any atom is 0.00899 e. The molecule has 2 nitrogen and oxygen atoms in total. The minimum Gasteiger partial charge on any atom is -0.303 e. The van der Waals surface area contributed by atoms with Gasteiger partial charge in [0.05, 0.1) is 0 Å². The largest absolute Gasteiger partial charge is 0.303 e. The molecule has 2 aliphatic heterocycles. The lowest BCUT2D eigenvalue weighted by Crippen LogP contribution is -2.33. The van der Waals surface area contributed by atoms with E-state index in [-0.39, 0.29) is 0 Å². The molecule has 2 heteroatoms. The van der Waals surface area contributed by atoms with E-state index in [1.165, 1.54) is 58.4 Å². The van der Waals surface area contributed by atoms with Crippen LogP contribution in [0.25, 0.3) is 0 Å². The lowest BCUT2D eigenvalue weighted by Gasteiger charge is -2.26. The molecule has 0 N–H and O–H groups in total. The number of likely N-dealkylation sites (tertiary alicyclic amines) is 2. The molecule has 2 saturated heterocycles. The molecule has 2 rings (SSSR count). The van der Waals surface area contributed by atoms with E-state index in [0.717, 1.165) is 17.9 Å². The smallest absolute Gasteiger partial charge is 0.00899 e. The predicted molar refractivity (Wildman–Crippen MR) is 108 cm³/mol. The first-order chi connectivity index (χ1) is 11.0. The van der Waals surface area contributed by atoms with Gasteiger partial charge in [0.15, 0.2) is 0 Å². The quantitative estimate of drug-likeness (QED) is 0.632. The molecule has 0 aliphatic carbocycles. The molecule has 2 aliphatic rings. The third-order valence-electron chi connectivity index (χ3n) is 4.50. The van der Waals surface area contributed by atoms with E-state index in [1.54, 1.807) is 0 Å². The summed E-state index contributed by atoms with van der Waals surface area (Å²) < 4.78 is 0. The zero-order valence-corrected chi connectivity index (χ0v) is 18.0. The molecular weight excluding hydrogens is 280 g/mol. The van der Waals surface area contributed by atoms with Gasteiger partial charge in [-0.2, -0.15) is 0 Å². The van der Waals surface area contributed by atoms with Gasteiger partial charge in [-0.25, -0.2) is 0 Å². The normalized spacial score (nSPS) is 19.4. The van der Waals surface area contributed by atoms with Gasteiger partial charge in [-0.1, -0.05) is 55.4 Å². The van der Waals surface area contributed by atoms with Crippen LogP contribution in [0.4, 0.5) is 0 Å². The van der Waals surface area contributed by atoms with Crippen LogP contribution >= 0.6 is 0 Å². The first-order valence-corrected chi connectivity index (χ1v) is 10.5. The maximum absolute atomic E-state index is 2.60. The summed E-state index contributed by atoms with van der Waals surface area (Å²) in [6, 6.07) is 0.794. The van der Waals surface area contributed by atoms with Gasteiger partial charge in [0.1, 0.15) is 0 Å². The Kier molecular flexibility index (Phi) is 18.3. The fourth-order valence-electron chi connectivity index (χ4n) is 3.05. The molecule has 0 spiro atoms. The van der Waals surface area contributed by atoms with Crippen molar-refractivity contribution >= 4 is 0 Å². The van der Waals surface area contributed by atoms with Crippen molar-refractivity contribution in [3.05, 3.63) is 0 Å². The summed E-state index contributed by atoms with van der Waals surface area (Å²) in [7, 11) is 0. The highest BCUT2D eigenvalue weighted by atomic mass is 15.2. The summed E-state index contributed by atoms with van der Waals surface area (Å²) in [6.07, 6.45) is 5.67. The third kappa shape index (κ3) is 12.9. The van der Waals surface area contributed by atoms with Crippen LogP contribution in [-0.4, -0.2) is 48.6 Å². The highest BCUT2D eigenvalue weighted by Crippen LogP contribution is 2.16. The van der Waals surface area contributed by atoms with E-state index in [9.17, 15) is 0 Å². The Morgan fingerprint density at radius 2 is 1.04 bits per heavy atom. The number of hydrogen-bond donors (Lipinski definition) is 0. The van der Waals surface area contributed by atoms with Crippen LogP contribution in [0.2, 0.25) is 0 Å². The molecule has 23 heavy (non-hydrogen) atoms. The summed E-state index contributed by atoms with van der Waals surface area (Å²) in [4.78, 5) is 5.16. The second kappa shape index (κ2) is 16.8. The van der Waals surface area contributed by atoms with Crippen molar-refractivity contribution in [2.45, 2.75) is 94.0 Å². The lowest BCUT2D eigenvalue weighted by atomic mass is 10.1. The van der Waals surface area contributed by atoms with Gasteiger partial charge in [0, 0.05) is 12.6 Å². The SMILES string of the molecule is CC.CC.CC(C)C(C)N1CCCC1.CC(C)CN1CCCC1. The summed E-state index contributed by atoms with van der Waals surface area (Å²) >= 11 is 0. The van der Waals surface area contributed by atoms with Gasteiger partial charge in [0.2, 0.25) is 0 Å². The first kappa shape index (κ1) is 25.2. The topological polar surface area (TPSA) is 6.48 Å². The second-order valence-electron chi connectivity index (χ2n) is 7.13. The molecule has 0 saturated carbocycles. The summed E-state index contributed by atoms with van der Waals surface area (Å²) in [5.41, 5.74) is 0. The Bertz CT molecular complexity index is 214. The van der Waals surface area contributed by atoms with Crippen LogP contribution < -0.4 is 0 Å². The van der Waals surface area contributed by atoms with Crippen molar-refractivity contribution in [1.29, 1.82) is 0 Å². The van der Waals surface area contributed by atoms with Gasteiger partial charge >= 0.3 is 0 Å². The van der Waals surface area contributed by atoms with Crippen molar-refractivity contribution in [2.75, 3.05) is 32.7 Å². The Balaban J connectivity index is 0. The summed E-state index contributed by atoms with van der Waals surface area (Å²) in [5.74, 6) is 1.67. The number of hydrogen-bond acceptors (Lipinski definition) is 2. The van der Waals surface area contributed by atoms with Crippen LogP contribution in [0.1, 0.15) is 88.0 Å². The standard InChI is InChI=1S/C9H19N.C8H17N.2C2H6/c1-8(2)9(3)10-6-4-5-7-10;1-8(2)7-9-5-3-4-6-9;2*1-2/h8-9H,4-7H2,1-3H3;8H,3-7H2,1-2H3;2*1-2H3. The molecule has 1 unspecified atom stereocenters. The fourth-order valence-corrected chi connectivity index (χ4v) is 3.05. The molecule has 0 aromatic rings. The van der Waals surface area contributed by atoms with Gasteiger partial charge < -0.3 is 9.80 Å². The Morgan fingerprint density at radius 1 is 0.652 bits per heavy atom. The summed E-state index contributed by atoms with van der Waals surface area (Å²) in [5, 5.41) is 0. The molecule has 0 bridgehead atoms. The van der Waals surface area contributed by atoms with Crippen LogP contribution in [0.15, 0.2) is 0 Å². The monoisotopic (exact) mass is 328 g/mol. The van der Waals surface area contributed by atoms with Gasteiger partial charge in [0.25, 0.3) is 0 Å². The Hall–Kier alpha value is -0.0800. The Morgan fingerprint density at radius 3 is 1.39 bits per heavy atom. The van der Waals surface area contributed by atoms with Crippen molar-refractivity contribution in [2.24, 2.45) is 11.8 Å². The van der Waals surface area contributed by atoms with E-state index in [0.29, 0.717) is 0 Å². The zero-order chi connectivity index (χ0) is 18.3. The molecule has 2 heterocycles. The average Bonchev–Trinajstić information content (AvgIpc) is 3.24. The van der Waals surface area contributed by atoms with Crippen LogP contribution in [0, 0.1) is 11.8 Å². The average molecular weight is 329 g/mol. The molecule has 142 valence electrons. The first-order valence-electron chi connectivity index (χ1n) is 10.5. The lowest BCUT2D eigenvalue weighted by molar-refractivity contribution is 0.208. The number of rotatable bonds is 4. The van der Waals surface area contributed by atoms with Crippen molar-refractivity contribution in [3.63, 3.8) is 0 Å². The second-order valence-corrected chi connectivity index (χ2v) is 7.13. The molecule has 0 amide bonds. The molecule has 1 atom stereocenters. The highest BCUT2D eigenvalue weighted by molar-refractivity contribution is 4.74. The third-order valence-corrected chi connectivity index (χ3v) is 4.50. The zero-order valence-electron chi connectivity index (χ0n) is 18.0.